The van der Waals surface area contributed by atoms with Gasteiger partial charge in [-0.25, -0.2) is 4.79 Å². The molecule has 0 spiro atoms. The summed E-state index contributed by atoms with van der Waals surface area (Å²) in [6.45, 7) is 6.49. The molecule has 3 N–H and O–H groups in total. The first kappa shape index (κ1) is 28.2. The van der Waals surface area contributed by atoms with E-state index in [4.69, 9.17) is 4.74 Å². The molecule has 3 rings (SSSR count). The van der Waals surface area contributed by atoms with E-state index in [9.17, 15) is 19.0 Å². The van der Waals surface area contributed by atoms with Crippen LogP contribution in [0.2, 0.25) is 0 Å². The Balaban J connectivity index is 2.26. The molecule has 200 valence electrons. The number of unbranched alkanes of at least 4 members (excludes halogenated alkanes) is 2. The van der Waals surface area contributed by atoms with Crippen LogP contribution in [-0.2, 0) is 4.79 Å². The van der Waals surface area contributed by atoms with Crippen LogP contribution >= 0.6 is 10.6 Å². The third-order valence-corrected chi connectivity index (χ3v) is 9.05. The van der Waals surface area contributed by atoms with Crippen molar-refractivity contribution in [3.05, 3.63) is 42.5 Å². The highest BCUT2D eigenvalue weighted by Crippen LogP contribution is 2.62. The number of carboxylic acids is 1. The Morgan fingerprint density at radius 2 is 1.72 bits per heavy atom. The van der Waals surface area contributed by atoms with Crippen LogP contribution in [0.15, 0.2) is 47.4 Å². The summed E-state index contributed by atoms with van der Waals surface area (Å²) >= 11 is 0. The van der Waals surface area contributed by atoms with Gasteiger partial charge in [0.1, 0.15) is 5.75 Å². The minimum absolute atomic E-state index is 0.270. The Bertz CT molecular complexity index is 1020. The fraction of sp³-hybridized carbons (Fsp3) is 0.536. The van der Waals surface area contributed by atoms with Gasteiger partial charge in [0.15, 0.2) is 6.10 Å². The van der Waals surface area contributed by atoms with Crippen LogP contribution in [0.5, 0.6) is 5.75 Å². The maximum absolute atomic E-state index is 11.7. The Morgan fingerprint density at radius 1 is 1.11 bits per heavy atom. The summed E-state index contributed by atoms with van der Waals surface area (Å²) in [6, 6.07) is 13.6. The number of carbonyl (C=O) groups is 1. The van der Waals surface area contributed by atoms with Gasteiger partial charge in [0.2, 0.25) is 0 Å². The van der Waals surface area contributed by atoms with Crippen molar-refractivity contribution in [1.29, 1.82) is 0 Å². The van der Waals surface area contributed by atoms with E-state index in [-0.39, 0.29) is 11.2 Å². The van der Waals surface area contributed by atoms with Gasteiger partial charge < -0.3 is 19.6 Å². The highest BCUT2D eigenvalue weighted by atomic mass is 32.3. The number of fused-ring (bicyclic) bond motifs is 1. The normalized spacial score (nSPS) is 18.0. The summed E-state index contributed by atoms with van der Waals surface area (Å²) in [5.74, 6) is -0.465. The van der Waals surface area contributed by atoms with E-state index in [1.165, 1.54) is 6.92 Å². The van der Waals surface area contributed by atoms with Gasteiger partial charge in [0, 0.05) is 43.6 Å². The Labute approximate surface area is 217 Å². The molecule has 1 aliphatic heterocycles. The smallest absolute Gasteiger partial charge is 0.344 e. The summed E-state index contributed by atoms with van der Waals surface area (Å²) in [5, 5.41) is 9.44. The zero-order valence-corrected chi connectivity index (χ0v) is 23.1. The minimum atomic E-state index is -3.20. The molecule has 0 saturated heterocycles. The summed E-state index contributed by atoms with van der Waals surface area (Å²) in [6.07, 6.45) is 4.88. The van der Waals surface area contributed by atoms with Gasteiger partial charge in [-0.1, -0.05) is 57.7 Å². The zero-order valence-electron chi connectivity index (χ0n) is 22.2. The molecule has 0 fully saturated rings. The van der Waals surface area contributed by atoms with Crippen molar-refractivity contribution in [2.24, 2.45) is 5.41 Å². The van der Waals surface area contributed by atoms with E-state index < -0.39 is 22.7 Å². The second-order valence-corrected chi connectivity index (χ2v) is 12.3. The molecule has 0 bridgehead atoms. The summed E-state index contributed by atoms with van der Waals surface area (Å²) in [7, 11) is 0.542. The highest BCUT2D eigenvalue weighted by molar-refractivity contribution is 8.24. The highest BCUT2D eigenvalue weighted by Gasteiger charge is 2.42. The largest absolute Gasteiger partial charge is 0.479 e. The fourth-order valence-corrected chi connectivity index (χ4v) is 7.23. The van der Waals surface area contributed by atoms with Gasteiger partial charge in [-0.15, -0.1) is 0 Å². The monoisotopic (exact) mass is 518 g/mol. The Morgan fingerprint density at radius 3 is 2.25 bits per heavy atom. The molecule has 36 heavy (non-hydrogen) atoms. The second-order valence-electron chi connectivity index (χ2n) is 10.2. The number of anilines is 3. The van der Waals surface area contributed by atoms with E-state index in [1.807, 2.05) is 43.3 Å². The van der Waals surface area contributed by atoms with Crippen molar-refractivity contribution in [2.75, 3.05) is 36.2 Å². The van der Waals surface area contributed by atoms with Crippen LogP contribution in [0.25, 0.3) is 0 Å². The number of benzene rings is 2. The number of ether oxygens (including phenoxy) is 1. The van der Waals surface area contributed by atoms with Gasteiger partial charge >= 0.3 is 5.97 Å². The van der Waals surface area contributed by atoms with E-state index >= 15 is 0 Å². The van der Waals surface area contributed by atoms with Crippen molar-refractivity contribution in [1.82, 2.24) is 0 Å². The van der Waals surface area contributed by atoms with Gasteiger partial charge in [0.25, 0.3) is 0 Å². The molecule has 0 aliphatic carbocycles. The van der Waals surface area contributed by atoms with E-state index in [2.05, 4.69) is 30.9 Å². The molecule has 1 heterocycles. The number of para-hydroxylation sites is 1. The number of hydrogen-bond acceptors (Lipinski definition) is 6. The molecule has 0 radical (unpaired) electrons. The lowest BCUT2D eigenvalue weighted by Gasteiger charge is -2.42. The molecule has 8 heteroatoms. The molecule has 1 aliphatic rings. The average Bonchev–Trinajstić information content (AvgIpc) is 2.93. The maximum Gasteiger partial charge on any atom is 0.344 e. The van der Waals surface area contributed by atoms with Crippen LogP contribution < -0.4 is 14.5 Å². The number of nitrogens with zero attached hydrogens (tertiary/aromatic N) is 2. The van der Waals surface area contributed by atoms with Crippen molar-refractivity contribution >= 4 is 33.6 Å². The average molecular weight is 519 g/mol. The molecular formula is C28H42N2O5S. The first-order chi connectivity index (χ1) is 17.0. The number of hydrogen-bond donors (Lipinski definition) is 3. The van der Waals surface area contributed by atoms with Gasteiger partial charge in [-0.2, -0.15) is 10.6 Å². The number of aliphatic carboxylic acids is 1. The first-order valence-electron chi connectivity index (χ1n) is 12.9. The van der Waals surface area contributed by atoms with E-state index in [0.717, 1.165) is 49.9 Å². The SMILES string of the molecule is CCCCC1(CCCC)CN(c2ccccc2)c2cc(N(C)C)c(OC(C)C(=O)O)cc2S(O)(O)C1. The number of carboxylic acid groups (broad SMARTS) is 1. The Hall–Kier alpha value is -2.42. The molecule has 0 aromatic heterocycles. The lowest BCUT2D eigenvalue weighted by atomic mass is 9.79. The second kappa shape index (κ2) is 11.8. The molecule has 1 unspecified atom stereocenters. The minimum Gasteiger partial charge on any atom is -0.479 e. The van der Waals surface area contributed by atoms with Gasteiger partial charge in [-0.3, -0.25) is 9.11 Å². The summed E-state index contributed by atoms with van der Waals surface area (Å²) in [4.78, 5) is 16.0. The standard InChI is InChI=1S/C28H42N2O5S/c1-6-8-15-28(16-9-7-2)19-30(22-13-11-10-12-14-22)24-17-23(29(4)5)25(35-21(3)27(31)32)18-26(24)36(33,34)20-28/h10-14,17-18,21,33-34H,6-9,15-16,19-20H2,1-5H3,(H,31,32). The first-order valence-corrected chi connectivity index (χ1v) is 14.6. The topological polar surface area (TPSA) is 93.5 Å². The van der Waals surface area contributed by atoms with E-state index in [1.54, 1.807) is 6.07 Å². The van der Waals surface area contributed by atoms with Crippen LogP contribution in [0.3, 0.4) is 0 Å². The molecule has 2 aromatic rings. The van der Waals surface area contributed by atoms with Crippen molar-refractivity contribution in [3.8, 4) is 5.75 Å². The predicted octanol–water partition coefficient (Wildman–Crippen LogP) is 7.23. The van der Waals surface area contributed by atoms with Gasteiger partial charge in [-0.05, 0) is 38.0 Å². The van der Waals surface area contributed by atoms with Crippen LogP contribution in [-0.4, -0.2) is 52.7 Å². The molecule has 7 nitrogen and oxygen atoms in total. The summed E-state index contributed by atoms with van der Waals surface area (Å²) < 4.78 is 29.3. The third-order valence-electron chi connectivity index (χ3n) is 7.01. The Kier molecular flexibility index (Phi) is 9.19. The quantitative estimate of drug-likeness (QED) is 0.289. The fourth-order valence-electron chi connectivity index (χ4n) is 5.04. The van der Waals surface area contributed by atoms with Crippen LogP contribution in [0, 0.1) is 5.41 Å². The molecule has 0 amide bonds. The van der Waals surface area contributed by atoms with Crippen molar-refractivity contribution < 1.29 is 23.7 Å². The lowest BCUT2D eigenvalue weighted by molar-refractivity contribution is -0.144. The molecule has 1 atom stereocenters. The maximum atomic E-state index is 11.7. The zero-order chi connectivity index (χ0) is 26.5. The predicted molar refractivity (Wildman–Crippen MR) is 149 cm³/mol. The molecule has 2 aromatic carbocycles. The van der Waals surface area contributed by atoms with Gasteiger partial charge in [0.05, 0.1) is 16.3 Å². The molecular weight excluding hydrogens is 476 g/mol. The van der Waals surface area contributed by atoms with Crippen molar-refractivity contribution in [2.45, 2.75) is 70.3 Å². The number of rotatable bonds is 11. The lowest BCUT2D eigenvalue weighted by Crippen LogP contribution is -2.37. The summed E-state index contributed by atoms with van der Waals surface area (Å²) in [5.41, 5.74) is 2.14. The third kappa shape index (κ3) is 6.28. The van der Waals surface area contributed by atoms with Crippen molar-refractivity contribution in [3.63, 3.8) is 0 Å². The van der Waals surface area contributed by atoms with Crippen LogP contribution in [0.1, 0.15) is 59.3 Å². The van der Waals surface area contributed by atoms with E-state index in [0.29, 0.717) is 22.9 Å². The molecule has 0 saturated carbocycles. The van der Waals surface area contributed by atoms with Crippen LogP contribution in [0.4, 0.5) is 17.1 Å².